The molecule has 0 spiro atoms. The van der Waals surface area contributed by atoms with Gasteiger partial charge in [0.15, 0.2) is 0 Å². The number of halogens is 2. The summed E-state index contributed by atoms with van der Waals surface area (Å²) in [5.74, 6) is -0.0553. The predicted molar refractivity (Wildman–Crippen MR) is 76.2 cm³/mol. The number of aromatic nitrogens is 1. The van der Waals surface area contributed by atoms with Gasteiger partial charge in [0.05, 0.1) is 18.8 Å². The van der Waals surface area contributed by atoms with Crippen LogP contribution in [0, 0.1) is 0 Å². The quantitative estimate of drug-likeness (QED) is 0.703. The molecule has 100 valence electrons. The zero-order chi connectivity index (χ0) is 13.4. The molecule has 0 atom stereocenters. The first-order chi connectivity index (χ1) is 8.63. The van der Waals surface area contributed by atoms with Gasteiger partial charge >= 0.3 is 0 Å². The highest BCUT2D eigenvalue weighted by molar-refractivity contribution is 9.11. The van der Waals surface area contributed by atoms with Crippen molar-refractivity contribution in [1.29, 1.82) is 0 Å². The van der Waals surface area contributed by atoms with E-state index in [2.05, 4.69) is 47.5 Å². The van der Waals surface area contributed by atoms with Crippen LogP contribution in [0.15, 0.2) is 21.2 Å². The van der Waals surface area contributed by atoms with Crippen molar-refractivity contribution >= 4 is 37.8 Å². The summed E-state index contributed by atoms with van der Waals surface area (Å²) in [6.07, 6.45) is 1.72. The Morgan fingerprint density at radius 3 is 2.94 bits per heavy atom. The third kappa shape index (κ3) is 5.90. The van der Waals surface area contributed by atoms with Crippen molar-refractivity contribution in [2.75, 3.05) is 26.8 Å². The molecule has 5 nitrogen and oxygen atoms in total. The van der Waals surface area contributed by atoms with E-state index in [1.165, 1.54) is 0 Å². The Hall–Kier alpha value is -0.500. The van der Waals surface area contributed by atoms with E-state index in [1.807, 2.05) is 6.07 Å². The minimum absolute atomic E-state index is 0.0553. The summed E-state index contributed by atoms with van der Waals surface area (Å²) < 4.78 is 6.66. The lowest BCUT2D eigenvalue weighted by molar-refractivity contribution is -0.120. The van der Waals surface area contributed by atoms with Crippen LogP contribution >= 0.6 is 31.9 Å². The normalized spacial score (nSPS) is 10.4. The summed E-state index contributed by atoms with van der Waals surface area (Å²) in [6, 6.07) is 1.92. The summed E-state index contributed by atoms with van der Waals surface area (Å²) in [5.41, 5.74) is 0.864. The molecule has 18 heavy (non-hydrogen) atoms. The highest BCUT2D eigenvalue weighted by Gasteiger charge is 2.04. The Morgan fingerprint density at radius 2 is 2.28 bits per heavy atom. The molecule has 1 aromatic heterocycles. The maximum Gasteiger partial charge on any atom is 0.234 e. The van der Waals surface area contributed by atoms with Crippen LogP contribution < -0.4 is 10.6 Å². The molecule has 0 saturated heterocycles. The van der Waals surface area contributed by atoms with Crippen molar-refractivity contribution in [2.45, 2.75) is 6.54 Å². The Bertz CT molecular complexity index is 402. The largest absolute Gasteiger partial charge is 0.383 e. The van der Waals surface area contributed by atoms with Gasteiger partial charge in [-0.25, -0.2) is 0 Å². The number of pyridine rings is 1. The van der Waals surface area contributed by atoms with E-state index >= 15 is 0 Å². The Labute approximate surface area is 123 Å². The fraction of sp³-hybridized carbons (Fsp3) is 0.455. The third-order valence-electron chi connectivity index (χ3n) is 2.09. The zero-order valence-corrected chi connectivity index (χ0v) is 13.2. The molecule has 2 N–H and O–H groups in total. The van der Waals surface area contributed by atoms with Crippen molar-refractivity contribution in [3.8, 4) is 0 Å². The van der Waals surface area contributed by atoms with Crippen molar-refractivity contribution in [2.24, 2.45) is 0 Å². The number of hydrogen-bond donors (Lipinski definition) is 2. The summed E-state index contributed by atoms with van der Waals surface area (Å²) in [5, 5.41) is 5.76. The van der Waals surface area contributed by atoms with Crippen LogP contribution in [-0.2, 0) is 16.1 Å². The van der Waals surface area contributed by atoms with E-state index in [9.17, 15) is 4.79 Å². The van der Waals surface area contributed by atoms with Crippen LogP contribution in [0.5, 0.6) is 0 Å². The molecule has 0 aliphatic carbocycles. The minimum atomic E-state index is -0.0553. The summed E-state index contributed by atoms with van der Waals surface area (Å²) in [4.78, 5) is 15.6. The maximum absolute atomic E-state index is 11.4. The molecule has 1 rings (SSSR count). The van der Waals surface area contributed by atoms with Gasteiger partial charge in [0.1, 0.15) is 0 Å². The molecular weight excluding hydrogens is 366 g/mol. The molecule has 0 saturated carbocycles. The van der Waals surface area contributed by atoms with Gasteiger partial charge in [-0.3, -0.25) is 9.78 Å². The lowest BCUT2D eigenvalue weighted by Gasteiger charge is -2.07. The van der Waals surface area contributed by atoms with Gasteiger partial charge in [0.2, 0.25) is 5.91 Å². The lowest BCUT2D eigenvalue weighted by atomic mass is 10.3. The SMILES string of the molecule is COCCNC(=O)CNCc1ncc(Br)cc1Br. The van der Waals surface area contributed by atoms with Gasteiger partial charge in [0, 0.05) is 35.3 Å². The number of amides is 1. The minimum Gasteiger partial charge on any atom is -0.383 e. The molecule has 0 unspecified atom stereocenters. The molecule has 1 amide bonds. The Morgan fingerprint density at radius 1 is 1.50 bits per heavy atom. The molecule has 0 radical (unpaired) electrons. The van der Waals surface area contributed by atoms with Crippen molar-refractivity contribution < 1.29 is 9.53 Å². The lowest BCUT2D eigenvalue weighted by Crippen LogP contribution is -2.35. The second kappa shape index (κ2) is 8.58. The zero-order valence-electron chi connectivity index (χ0n) is 10.0. The number of ether oxygens (including phenoxy) is 1. The van der Waals surface area contributed by atoms with E-state index in [4.69, 9.17) is 4.74 Å². The Balaban J connectivity index is 2.26. The Kier molecular flexibility index (Phi) is 7.41. The van der Waals surface area contributed by atoms with Crippen LogP contribution in [-0.4, -0.2) is 37.7 Å². The number of methoxy groups -OCH3 is 1. The highest BCUT2D eigenvalue weighted by Crippen LogP contribution is 2.19. The van der Waals surface area contributed by atoms with Crippen molar-refractivity contribution in [3.05, 3.63) is 26.9 Å². The maximum atomic E-state index is 11.4. The predicted octanol–water partition coefficient (Wildman–Crippen LogP) is 1.46. The smallest absolute Gasteiger partial charge is 0.234 e. The monoisotopic (exact) mass is 379 g/mol. The number of rotatable bonds is 7. The van der Waals surface area contributed by atoms with Gasteiger partial charge in [-0.05, 0) is 37.9 Å². The average Bonchev–Trinajstić information content (AvgIpc) is 2.32. The van der Waals surface area contributed by atoms with E-state index < -0.39 is 0 Å². The molecule has 0 aliphatic rings. The second-order valence-electron chi connectivity index (χ2n) is 3.53. The summed E-state index contributed by atoms with van der Waals surface area (Å²) in [7, 11) is 1.60. The molecule has 0 fully saturated rings. The number of hydrogen-bond acceptors (Lipinski definition) is 4. The first-order valence-electron chi connectivity index (χ1n) is 5.39. The van der Waals surface area contributed by atoms with Crippen LogP contribution in [0.25, 0.3) is 0 Å². The van der Waals surface area contributed by atoms with Crippen molar-refractivity contribution in [1.82, 2.24) is 15.6 Å². The van der Waals surface area contributed by atoms with Crippen LogP contribution in [0.1, 0.15) is 5.69 Å². The van der Waals surface area contributed by atoms with Gasteiger partial charge in [-0.15, -0.1) is 0 Å². The standard InChI is InChI=1S/C11H15Br2N3O2/c1-18-3-2-15-11(17)7-14-6-10-9(13)4-8(12)5-16-10/h4-5,14H,2-3,6-7H2,1H3,(H,15,17). The average molecular weight is 381 g/mol. The number of carbonyl (C=O) groups excluding carboxylic acids is 1. The molecular formula is C11H15Br2N3O2. The second-order valence-corrected chi connectivity index (χ2v) is 5.30. The fourth-order valence-electron chi connectivity index (χ4n) is 1.22. The molecule has 1 aromatic rings. The van der Waals surface area contributed by atoms with E-state index in [0.29, 0.717) is 19.7 Å². The summed E-state index contributed by atoms with van der Waals surface area (Å²) >= 11 is 6.75. The number of nitrogens with zero attached hydrogens (tertiary/aromatic N) is 1. The van der Waals surface area contributed by atoms with Crippen molar-refractivity contribution in [3.63, 3.8) is 0 Å². The summed E-state index contributed by atoms with van der Waals surface area (Å²) in [6.45, 7) is 1.84. The van der Waals surface area contributed by atoms with Gasteiger partial charge in [0.25, 0.3) is 0 Å². The first-order valence-corrected chi connectivity index (χ1v) is 6.98. The number of carbonyl (C=O) groups is 1. The topological polar surface area (TPSA) is 63.2 Å². The molecule has 0 aromatic carbocycles. The van der Waals surface area contributed by atoms with Crippen LogP contribution in [0.4, 0.5) is 0 Å². The highest BCUT2D eigenvalue weighted by atomic mass is 79.9. The third-order valence-corrected chi connectivity index (χ3v) is 3.21. The molecule has 7 heteroatoms. The molecule has 0 bridgehead atoms. The van der Waals surface area contributed by atoms with Gasteiger partial charge in [-0.2, -0.15) is 0 Å². The first kappa shape index (κ1) is 15.6. The number of nitrogens with one attached hydrogen (secondary N) is 2. The molecule has 1 heterocycles. The van der Waals surface area contributed by atoms with Gasteiger partial charge in [-0.1, -0.05) is 0 Å². The fourth-order valence-corrected chi connectivity index (χ4v) is 2.35. The van der Waals surface area contributed by atoms with E-state index in [-0.39, 0.29) is 12.5 Å². The van der Waals surface area contributed by atoms with Gasteiger partial charge < -0.3 is 15.4 Å². The van der Waals surface area contributed by atoms with Crippen LogP contribution in [0.2, 0.25) is 0 Å². The van der Waals surface area contributed by atoms with E-state index in [1.54, 1.807) is 13.3 Å². The van der Waals surface area contributed by atoms with E-state index in [0.717, 1.165) is 14.6 Å². The van der Waals surface area contributed by atoms with Crippen LogP contribution in [0.3, 0.4) is 0 Å². The molecule has 0 aliphatic heterocycles.